The van der Waals surface area contributed by atoms with Gasteiger partial charge in [-0.3, -0.25) is 4.79 Å². The molecule has 1 aromatic carbocycles. The van der Waals surface area contributed by atoms with E-state index in [-0.39, 0.29) is 12.5 Å². The van der Waals surface area contributed by atoms with Gasteiger partial charge in [-0.25, -0.2) is 0 Å². The van der Waals surface area contributed by atoms with Crippen LogP contribution in [0.4, 0.5) is 0 Å². The molecule has 1 heterocycles. The molecule has 0 spiro atoms. The minimum absolute atomic E-state index is 0.219. The van der Waals surface area contributed by atoms with Gasteiger partial charge in [0.2, 0.25) is 5.91 Å². The van der Waals surface area contributed by atoms with Crippen LogP contribution in [0.2, 0.25) is 0 Å². The first-order valence-corrected chi connectivity index (χ1v) is 8.29. The van der Waals surface area contributed by atoms with E-state index in [4.69, 9.17) is 5.11 Å². The number of benzene rings is 1. The number of nitrogens with zero attached hydrogens (tertiary/aromatic N) is 1. The number of hydrogen-bond donors (Lipinski definition) is 1. The SMILES string of the molecule is Cc1ccccc1SCC(=O)N1CCCC1CCCO. The third kappa shape index (κ3) is 4.00. The molecule has 0 radical (unpaired) electrons. The van der Waals surface area contributed by atoms with Crippen molar-refractivity contribution >= 4 is 17.7 Å². The Labute approximate surface area is 125 Å². The first-order valence-electron chi connectivity index (χ1n) is 7.31. The van der Waals surface area contributed by atoms with Crippen LogP contribution in [-0.4, -0.2) is 40.9 Å². The molecule has 0 aromatic heterocycles. The van der Waals surface area contributed by atoms with E-state index in [2.05, 4.69) is 19.1 Å². The smallest absolute Gasteiger partial charge is 0.233 e. The van der Waals surface area contributed by atoms with Crippen LogP contribution in [0.15, 0.2) is 29.2 Å². The minimum atomic E-state index is 0.219. The summed E-state index contributed by atoms with van der Waals surface area (Å²) >= 11 is 1.63. The van der Waals surface area contributed by atoms with Crippen LogP contribution in [0.25, 0.3) is 0 Å². The molecule has 0 aliphatic carbocycles. The summed E-state index contributed by atoms with van der Waals surface area (Å²) in [6, 6.07) is 8.52. The number of aliphatic hydroxyl groups excluding tert-OH is 1. The lowest BCUT2D eigenvalue weighted by Gasteiger charge is -2.24. The second-order valence-electron chi connectivity index (χ2n) is 5.30. The zero-order valence-corrected chi connectivity index (χ0v) is 12.9. The van der Waals surface area contributed by atoms with Crippen LogP contribution in [-0.2, 0) is 4.79 Å². The highest BCUT2D eigenvalue weighted by Crippen LogP contribution is 2.25. The standard InChI is InChI=1S/C16H23NO2S/c1-13-6-2-3-9-15(13)20-12-16(19)17-10-4-7-14(17)8-5-11-18/h2-3,6,9,14,18H,4-5,7-8,10-12H2,1H3. The number of likely N-dealkylation sites (tertiary alicyclic amines) is 1. The summed E-state index contributed by atoms with van der Waals surface area (Å²) in [7, 11) is 0. The topological polar surface area (TPSA) is 40.5 Å². The summed E-state index contributed by atoms with van der Waals surface area (Å²) < 4.78 is 0. The molecule has 4 heteroatoms. The van der Waals surface area contributed by atoms with Crippen molar-refractivity contribution < 1.29 is 9.90 Å². The molecule has 0 saturated carbocycles. The van der Waals surface area contributed by atoms with Gasteiger partial charge in [-0.15, -0.1) is 11.8 Å². The number of rotatable bonds is 6. The Bertz CT molecular complexity index is 450. The van der Waals surface area contributed by atoms with Gasteiger partial charge in [-0.2, -0.15) is 0 Å². The summed E-state index contributed by atoms with van der Waals surface area (Å²) in [6.07, 6.45) is 3.90. The number of aryl methyl sites for hydroxylation is 1. The van der Waals surface area contributed by atoms with Crippen molar-refractivity contribution in [3.8, 4) is 0 Å². The van der Waals surface area contributed by atoms with Gasteiger partial charge in [-0.1, -0.05) is 18.2 Å². The number of aliphatic hydroxyl groups is 1. The van der Waals surface area contributed by atoms with Crippen LogP contribution < -0.4 is 0 Å². The third-order valence-electron chi connectivity index (χ3n) is 3.84. The predicted molar refractivity (Wildman–Crippen MR) is 83.0 cm³/mol. The molecule has 1 aliphatic heterocycles. The Kier molecular flexibility index (Phi) is 5.92. The monoisotopic (exact) mass is 293 g/mol. The van der Waals surface area contributed by atoms with Crippen molar-refractivity contribution in [2.24, 2.45) is 0 Å². The number of carbonyl (C=O) groups is 1. The molecule has 1 amide bonds. The molecule has 1 unspecified atom stereocenters. The van der Waals surface area contributed by atoms with Crippen molar-refractivity contribution in [2.75, 3.05) is 18.9 Å². The van der Waals surface area contributed by atoms with Gasteiger partial charge in [0.15, 0.2) is 0 Å². The summed E-state index contributed by atoms with van der Waals surface area (Å²) in [5, 5.41) is 8.93. The Balaban J connectivity index is 1.86. The van der Waals surface area contributed by atoms with E-state index in [9.17, 15) is 4.79 Å². The molecule has 20 heavy (non-hydrogen) atoms. The average Bonchev–Trinajstić information content (AvgIpc) is 2.92. The molecule has 2 rings (SSSR count). The minimum Gasteiger partial charge on any atom is -0.396 e. The van der Waals surface area contributed by atoms with Crippen LogP contribution in [0.3, 0.4) is 0 Å². The Morgan fingerprint density at radius 1 is 1.45 bits per heavy atom. The summed E-state index contributed by atoms with van der Waals surface area (Å²) in [4.78, 5) is 15.5. The molecule has 1 N–H and O–H groups in total. The molecule has 1 saturated heterocycles. The Morgan fingerprint density at radius 2 is 2.25 bits per heavy atom. The number of thioether (sulfide) groups is 1. The number of hydrogen-bond acceptors (Lipinski definition) is 3. The molecule has 1 atom stereocenters. The largest absolute Gasteiger partial charge is 0.396 e. The normalized spacial score (nSPS) is 18.5. The van der Waals surface area contributed by atoms with E-state index in [0.29, 0.717) is 11.8 Å². The lowest BCUT2D eigenvalue weighted by atomic mass is 10.1. The van der Waals surface area contributed by atoms with Gasteiger partial charge in [0.25, 0.3) is 0 Å². The highest BCUT2D eigenvalue weighted by molar-refractivity contribution is 8.00. The van der Waals surface area contributed by atoms with Gasteiger partial charge in [0.05, 0.1) is 5.75 Å². The van der Waals surface area contributed by atoms with Gasteiger partial charge in [0.1, 0.15) is 0 Å². The fourth-order valence-corrected chi connectivity index (χ4v) is 3.65. The lowest BCUT2D eigenvalue weighted by Crippen LogP contribution is -2.36. The Morgan fingerprint density at radius 3 is 3.00 bits per heavy atom. The van der Waals surface area contributed by atoms with Gasteiger partial charge < -0.3 is 10.0 Å². The summed E-state index contributed by atoms with van der Waals surface area (Å²) in [5.74, 6) is 0.749. The summed E-state index contributed by atoms with van der Waals surface area (Å²) in [6.45, 7) is 3.17. The Hall–Kier alpha value is -1.00. The van der Waals surface area contributed by atoms with Crippen molar-refractivity contribution in [1.29, 1.82) is 0 Å². The number of amides is 1. The van der Waals surface area contributed by atoms with E-state index in [1.165, 1.54) is 10.5 Å². The van der Waals surface area contributed by atoms with Gasteiger partial charge in [0, 0.05) is 24.1 Å². The quantitative estimate of drug-likeness (QED) is 0.820. The molecule has 1 aromatic rings. The maximum absolute atomic E-state index is 12.3. The zero-order valence-electron chi connectivity index (χ0n) is 12.0. The van der Waals surface area contributed by atoms with Gasteiger partial charge in [-0.05, 0) is 44.2 Å². The second kappa shape index (κ2) is 7.70. The second-order valence-corrected chi connectivity index (χ2v) is 6.32. The maximum Gasteiger partial charge on any atom is 0.233 e. The van der Waals surface area contributed by atoms with E-state index < -0.39 is 0 Å². The molecule has 1 aliphatic rings. The van der Waals surface area contributed by atoms with Crippen molar-refractivity contribution in [3.63, 3.8) is 0 Å². The predicted octanol–water partition coefficient (Wildman–Crippen LogP) is 2.85. The highest BCUT2D eigenvalue weighted by atomic mass is 32.2. The van der Waals surface area contributed by atoms with Crippen molar-refractivity contribution in [1.82, 2.24) is 4.90 Å². The van der Waals surface area contributed by atoms with E-state index >= 15 is 0 Å². The van der Waals surface area contributed by atoms with Gasteiger partial charge >= 0.3 is 0 Å². The molecule has 3 nitrogen and oxygen atoms in total. The average molecular weight is 293 g/mol. The molecular weight excluding hydrogens is 270 g/mol. The van der Waals surface area contributed by atoms with Crippen LogP contribution in [0, 0.1) is 6.92 Å². The first-order chi connectivity index (χ1) is 9.72. The maximum atomic E-state index is 12.3. The molecule has 1 fully saturated rings. The first kappa shape index (κ1) is 15.4. The number of carbonyl (C=O) groups excluding carboxylic acids is 1. The lowest BCUT2D eigenvalue weighted by molar-refractivity contribution is -0.129. The van der Waals surface area contributed by atoms with Crippen molar-refractivity contribution in [2.45, 2.75) is 43.5 Å². The van der Waals surface area contributed by atoms with E-state index in [0.717, 1.165) is 32.2 Å². The third-order valence-corrected chi connectivity index (χ3v) is 5.00. The van der Waals surface area contributed by atoms with E-state index in [1.807, 2.05) is 17.0 Å². The summed E-state index contributed by atoms with van der Waals surface area (Å²) in [5.41, 5.74) is 1.23. The van der Waals surface area contributed by atoms with E-state index in [1.54, 1.807) is 11.8 Å². The zero-order chi connectivity index (χ0) is 14.4. The van der Waals surface area contributed by atoms with Crippen LogP contribution >= 0.6 is 11.8 Å². The fraction of sp³-hybridized carbons (Fsp3) is 0.562. The fourth-order valence-electron chi connectivity index (χ4n) is 2.73. The van der Waals surface area contributed by atoms with Crippen LogP contribution in [0.1, 0.15) is 31.2 Å². The molecule has 0 bridgehead atoms. The molecule has 110 valence electrons. The van der Waals surface area contributed by atoms with Crippen LogP contribution in [0.5, 0.6) is 0 Å². The molecular formula is C16H23NO2S. The van der Waals surface area contributed by atoms with Crippen molar-refractivity contribution in [3.05, 3.63) is 29.8 Å². The highest BCUT2D eigenvalue weighted by Gasteiger charge is 2.27.